The molecule has 0 radical (unpaired) electrons. The van der Waals surface area contributed by atoms with E-state index in [0.717, 1.165) is 31.2 Å². The van der Waals surface area contributed by atoms with Gasteiger partial charge in [0.25, 0.3) is 10.0 Å². The number of carbonyl (C=O) groups excluding carboxylic acids is 1. The maximum Gasteiger partial charge on any atom is 0.265 e. The number of anilines is 1. The Morgan fingerprint density at radius 1 is 1.07 bits per heavy atom. The van der Waals surface area contributed by atoms with Gasteiger partial charge in [-0.3, -0.25) is 9.10 Å². The highest BCUT2D eigenvalue weighted by Gasteiger charge is 2.29. The number of nitrogens with zero attached hydrogens (tertiary/aromatic N) is 1. The van der Waals surface area contributed by atoms with Crippen molar-refractivity contribution >= 4 is 21.6 Å². The summed E-state index contributed by atoms with van der Waals surface area (Å²) in [7, 11) is -2.38. The minimum atomic E-state index is -3.93. The van der Waals surface area contributed by atoms with Crippen LogP contribution >= 0.6 is 0 Å². The Morgan fingerprint density at radius 2 is 1.73 bits per heavy atom. The summed E-state index contributed by atoms with van der Waals surface area (Å²) in [5.41, 5.74) is 1.92. The second kappa shape index (κ2) is 9.51. The molecule has 1 aliphatic carbocycles. The van der Waals surface area contributed by atoms with Gasteiger partial charge in [-0.05, 0) is 68.1 Å². The molecule has 1 saturated carbocycles. The minimum Gasteiger partial charge on any atom is -0.497 e. The number of carbonyl (C=O) groups is 1. The summed E-state index contributed by atoms with van der Waals surface area (Å²) in [6.07, 6.45) is 5.25. The SMILES string of the molecule is COc1ccc(N(CC(=O)NC2CCCCC2)S(=O)(=O)c2cc(C)ccc2C)cc1. The molecule has 162 valence electrons. The van der Waals surface area contributed by atoms with Crippen molar-refractivity contribution in [3.8, 4) is 5.75 Å². The largest absolute Gasteiger partial charge is 0.497 e. The van der Waals surface area contributed by atoms with E-state index in [1.54, 1.807) is 50.4 Å². The van der Waals surface area contributed by atoms with Gasteiger partial charge in [0.1, 0.15) is 12.3 Å². The molecule has 1 aliphatic rings. The first-order chi connectivity index (χ1) is 14.3. The summed E-state index contributed by atoms with van der Waals surface area (Å²) in [5.74, 6) is 0.334. The number of benzene rings is 2. The Hall–Kier alpha value is -2.54. The molecule has 0 spiro atoms. The predicted molar refractivity (Wildman–Crippen MR) is 118 cm³/mol. The van der Waals surface area contributed by atoms with Gasteiger partial charge < -0.3 is 10.1 Å². The van der Waals surface area contributed by atoms with Crippen molar-refractivity contribution in [2.45, 2.75) is 56.9 Å². The van der Waals surface area contributed by atoms with Crippen LogP contribution in [-0.4, -0.2) is 34.0 Å². The third-order valence-corrected chi connectivity index (χ3v) is 7.45. The molecule has 1 N–H and O–H groups in total. The zero-order chi connectivity index (χ0) is 21.7. The van der Waals surface area contributed by atoms with Crippen molar-refractivity contribution in [3.63, 3.8) is 0 Å². The fourth-order valence-electron chi connectivity index (χ4n) is 3.82. The first-order valence-electron chi connectivity index (χ1n) is 10.3. The maximum absolute atomic E-state index is 13.6. The summed E-state index contributed by atoms with van der Waals surface area (Å²) in [4.78, 5) is 13.0. The topological polar surface area (TPSA) is 75.7 Å². The molecular weight excluding hydrogens is 400 g/mol. The highest BCUT2D eigenvalue weighted by atomic mass is 32.2. The molecule has 0 aromatic heterocycles. The van der Waals surface area contributed by atoms with E-state index in [-0.39, 0.29) is 23.4 Å². The fourth-order valence-corrected chi connectivity index (χ4v) is 5.55. The Labute approximate surface area is 179 Å². The third kappa shape index (κ3) is 5.14. The van der Waals surface area contributed by atoms with Crippen molar-refractivity contribution in [1.29, 1.82) is 0 Å². The molecule has 2 aromatic rings. The zero-order valence-electron chi connectivity index (χ0n) is 17.8. The average Bonchev–Trinajstić information content (AvgIpc) is 2.74. The van der Waals surface area contributed by atoms with Crippen LogP contribution in [0.5, 0.6) is 5.75 Å². The van der Waals surface area contributed by atoms with Crippen LogP contribution in [0.3, 0.4) is 0 Å². The zero-order valence-corrected chi connectivity index (χ0v) is 18.7. The molecule has 2 aromatic carbocycles. The lowest BCUT2D eigenvalue weighted by Crippen LogP contribution is -2.45. The first kappa shape index (κ1) is 22.2. The van der Waals surface area contributed by atoms with Crippen LogP contribution in [0.4, 0.5) is 5.69 Å². The monoisotopic (exact) mass is 430 g/mol. The number of ether oxygens (including phenoxy) is 1. The highest BCUT2D eigenvalue weighted by Crippen LogP contribution is 2.28. The number of sulfonamides is 1. The number of rotatable bonds is 7. The van der Waals surface area contributed by atoms with Crippen LogP contribution in [0.2, 0.25) is 0 Å². The van der Waals surface area contributed by atoms with Gasteiger partial charge >= 0.3 is 0 Å². The molecule has 0 heterocycles. The molecule has 6 nitrogen and oxygen atoms in total. The molecule has 0 aliphatic heterocycles. The van der Waals surface area contributed by atoms with Crippen LogP contribution in [0, 0.1) is 13.8 Å². The van der Waals surface area contributed by atoms with Gasteiger partial charge in [0, 0.05) is 6.04 Å². The van der Waals surface area contributed by atoms with Crippen molar-refractivity contribution < 1.29 is 17.9 Å². The molecule has 0 atom stereocenters. The Balaban J connectivity index is 1.93. The number of nitrogens with one attached hydrogen (secondary N) is 1. The molecule has 0 unspecified atom stereocenters. The second-order valence-corrected chi connectivity index (χ2v) is 9.71. The van der Waals surface area contributed by atoms with Crippen LogP contribution in [0.25, 0.3) is 0 Å². The lowest BCUT2D eigenvalue weighted by molar-refractivity contribution is -0.120. The van der Waals surface area contributed by atoms with Crippen molar-refractivity contribution in [2.75, 3.05) is 18.0 Å². The number of amides is 1. The van der Waals surface area contributed by atoms with Crippen molar-refractivity contribution in [3.05, 3.63) is 53.6 Å². The van der Waals surface area contributed by atoms with Gasteiger partial charge in [0.15, 0.2) is 0 Å². The van der Waals surface area contributed by atoms with Gasteiger partial charge in [-0.25, -0.2) is 8.42 Å². The summed E-state index contributed by atoms with van der Waals surface area (Å²) < 4.78 is 33.6. The van der Waals surface area contributed by atoms with Crippen LogP contribution in [-0.2, 0) is 14.8 Å². The Bertz CT molecular complexity index is 981. The Kier molecular flexibility index (Phi) is 7.02. The van der Waals surface area contributed by atoms with E-state index in [1.165, 1.54) is 10.7 Å². The Morgan fingerprint density at radius 3 is 2.37 bits per heavy atom. The minimum absolute atomic E-state index is 0.118. The van der Waals surface area contributed by atoms with E-state index in [9.17, 15) is 13.2 Å². The molecule has 0 bridgehead atoms. The van der Waals surface area contributed by atoms with Crippen molar-refractivity contribution in [2.24, 2.45) is 0 Å². The summed E-state index contributed by atoms with van der Waals surface area (Å²) >= 11 is 0. The van der Waals surface area contributed by atoms with E-state index in [0.29, 0.717) is 17.0 Å². The van der Waals surface area contributed by atoms with E-state index in [4.69, 9.17) is 4.74 Å². The summed E-state index contributed by atoms with van der Waals surface area (Å²) in [6, 6.07) is 12.1. The lowest BCUT2D eigenvalue weighted by Gasteiger charge is -2.27. The molecule has 0 saturated heterocycles. The van der Waals surface area contributed by atoms with Gasteiger partial charge in [-0.15, -0.1) is 0 Å². The van der Waals surface area contributed by atoms with Crippen molar-refractivity contribution in [1.82, 2.24) is 5.32 Å². The number of hydrogen-bond donors (Lipinski definition) is 1. The third-order valence-electron chi connectivity index (χ3n) is 5.53. The van der Waals surface area contributed by atoms with E-state index >= 15 is 0 Å². The van der Waals surface area contributed by atoms with E-state index in [1.807, 2.05) is 13.0 Å². The lowest BCUT2D eigenvalue weighted by atomic mass is 9.95. The maximum atomic E-state index is 13.6. The van der Waals surface area contributed by atoms with Crippen LogP contribution in [0.15, 0.2) is 47.4 Å². The quantitative estimate of drug-likeness (QED) is 0.722. The number of aryl methyl sites for hydroxylation is 2. The molecule has 3 rings (SSSR count). The van der Waals surface area contributed by atoms with Gasteiger partial charge in [-0.2, -0.15) is 0 Å². The van der Waals surface area contributed by atoms with Gasteiger partial charge in [0.2, 0.25) is 5.91 Å². The standard InChI is InChI=1S/C23H30N2O4S/c1-17-9-10-18(2)22(15-17)30(27,28)25(20-11-13-21(29-3)14-12-20)16-23(26)24-19-7-5-4-6-8-19/h9-15,19H,4-8,16H2,1-3H3,(H,24,26). The van der Waals surface area contributed by atoms with Gasteiger partial charge in [0.05, 0.1) is 17.7 Å². The van der Waals surface area contributed by atoms with Crippen LogP contribution < -0.4 is 14.4 Å². The summed E-state index contributed by atoms with van der Waals surface area (Å²) in [5, 5.41) is 3.02. The highest BCUT2D eigenvalue weighted by molar-refractivity contribution is 7.93. The normalized spacial score (nSPS) is 14.9. The number of hydrogen-bond acceptors (Lipinski definition) is 4. The number of methoxy groups -OCH3 is 1. The molecule has 1 amide bonds. The van der Waals surface area contributed by atoms with Crippen LogP contribution in [0.1, 0.15) is 43.2 Å². The summed E-state index contributed by atoms with van der Waals surface area (Å²) in [6.45, 7) is 3.35. The van der Waals surface area contributed by atoms with Gasteiger partial charge in [-0.1, -0.05) is 31.4 Å². The first-order valence-corrected chi connectivity index (χ1v) is 11.8. The second-order valence-electron chi connectivity index (χ2n) is 7.88. The average molecular weight is 431 g/mol. The molecular formula is C23H30N2O4S. The molecule has 7 heteroatoms. The smallest absolute Gasteiger partial charge is 0.265 e. The molecule has 30 heavy (non-hydrogen) atoms. The van der Waals surface area contributed by atoms with E-state index in [2.05, 4.69) is 5.32 Å². The fraction of sp³-hybridized carbons (Fsp3) is 0.435. The van der Waals surface area contributed by atoms with E-state index < -0.39 is 10.0 Å². The molecule has 1 fully saturated rings. The predicted octanol–water partition coefficient (Wildman–Crippen LogP) is 3.96.